The molecule has 0 saturated carbocycles. The van der Waals surface area contributed by atoms with Gasteiger partial charge in [-0.3, -0.25) is 4.21 Å². The van der Waals surface area contributed by atoms with Gasteiger partial charge in [0.05, 0.1) is 10.8 Å². The second-order valence-corrected chi connectivity index (χ2v) is 9.26. The van der Waals surface area contributed by atoms with Crippen LogP contribution in [0.5, 0.6) is 0 Å². The van der Waals surface area contributed by atoms with Crippen molar-refractivity contribution in [1.82, 2.24) is 0 Å². The van der Waals surface area contributed by atoms with Gasteiger partial charge in [0, 0.05) is 11.0 Å². The van der Waals surface area contributed by atoms with Crippen LogP contribution in [0, 0.1) is 12.8 Å². The number of halogens is 1. The van der Waals surface area contributed by atoms with Crippen molar-refractivity contribution < 1.29 is 13.7 Å². The van der Waals surface area contributed by atoms with E-state index in [9.17, 15) is 9.00 Å². The van der Waals surface area contributed by atoms with Gasteiger partial charge in [0.2, 0.25) is 0 Å². The summed E-state index contributed by atoms with van der Waals surface area (Å²) in [5.74, 6) is -0.280. The zero-order valence-electron chi connectivity index (χ0n) is 15.0. The van der Waals surface area contributed by atoms with Crippen LogP contribution in [0.25, 0.3) is 0 Å². The van der Waals surface area contributed by atoms with E-state index in [4.69, 9.17) is 16.3 Å². The largest absolute Gasteiger partial charge is 0.457 e. The predicted molar refractivity (Wildman–Crippen MR) is 101 cm³/mol. The summed E-state index contributed by atoms with van der Waals surface area (Å²) in [4.78, 5) is 12.3. The predicted octanol–water partition coefficient (Wildman–Crippen LogP) is 4.98. The second kappa shape index (κ2) is 9.38. The average molecular weight is 371 g/mol. The van der Waals surface area contributed by atoms with Gasteiger partial charge in [-0.2, -0.15) is 0 Å². The van der Waals surface area contributed by atoms with Gasteiger partial charge in [-0.05, 0) is 58.6 Å². The Morgan fingerprint density at radius 2 is 1.88 bits per heavy atom. The summed E-state index contributed by atoms with van der Waals surface area (Å²) < 4.78 is 17.2. The van der Waals surface area contributed by atoms with Crippen LogP contribution in [0.15, 0.2) is 41.3 Å². The molecule has 0 bridgehead atoms. The van der Waals surface area contributed by atoms with E-state index in [1.807, 2.05) is 58.9 Å². The molecule has 0 aromatic heterocycles. The number of esters is 1. The molecule has 1 aromatic carbocycles. The van der Waals surface area contributed by atoms with Crippen molar-refractivity contribution in [3.63, 3.8) is 0 Å². The van der Waals surface area contributed by atoms with Crippen LogP contribution in [0.1, 0.15) is 46.1 Å². The number of allylic oxidation sites excluding steroid dienone is 1. The highest BCUT2D eigenvalue weighted by Crippen LogP contribution is 2.24. The zero-order chi connectivity index (χ0) is 18.3. The van der Waals surface area contributed by atoms with Crippen molar-refractivity contribution in [2.75, 3.05) is 0 Å². The molecule has 0 heterocycles. The van der Waals surface area contributed by atoms with E-state index in [1.54, 1.807) is 6.08 Å². The first-order valence-corrected chi connectivity index (χ1v) is 9.76. The Kier molecular flexibility index (Phi) is 8.17. The summed E-state index contributed by atoms with van der Waals surface area (Å²) in [6.45, 7) is 9.47. The third kappa shape index (κ3) is 7.63. The number of carbonyl (C=O) groups excluding carboxylic acids is 1. The van der Waals surface area contributed by atoms with E-state index in [0.29, 0.717) is 6.42 Å². The van der Waals surface area contributed by atoms with Crippen LogP contribution >= 0.6 is 11.6 Å². The number of ether oxygens (including phenoxy) is 1. The topological polar surface area (TPSA) is 43.4 Å². The standard InChI is InChI=1S/C19H27ClO3S/c1-14-10-12-16(13-11-14)24(22)18(20)15(2)8-6-7-9-17(21)23-19(3,4)5/h7,9-13,15,18H,6,8H2,1-5H3/b9-7-. The molecule has 134 valence electrons. The minimum absolute atomic E-state index is 0.0667. The average Bonchev–Trinajstić information content (AvgIpc) is 2.49. The molecule has 0 amide bonds. The monoisotopic (exact) mass is 370 g/mol. The molecule has 0 fully saturated rings. The molecule has 0 N–H and O–H groups in total. The minimum Gasteiger partial charge on any atom is -0.457 e. The molecule has 3 nitrogen and oxygen atoms in total. The maximum atomic E-state index is 12.5. The van der Waals surface area contributed by atoms with Crippen LogP contribution in [-0.2, 0) is 20.3 Å². The van der Waals surface area contributed by atoms with E-state index >= 15 is 0 Å². The highest BCUT2D eigenvalue weighted by atomic mass is 35.5. The maximum absolute atomic E-state index is 12.5. The third-order valence-corrected chi connectivity index (χ3v) is 5.88. The van der Waals surface area contributed by atoms with Gasteiger partial charge in [0.1, 0.15) is 10.3 Å². The Bertz CT molecular complexity index is 588. The van der Waals surface area contributed by atoms with Gasteiger partial charge >= 0.3 is 5.97 Å². The quantitative estimate of drug-likeness (QED) is 0.386. The molecular weight excluding hydrogens is 344 g/mol. The molecular formula is C19H27ClO3S. The highest BCUT2D eigenvalue weighted by molar-refractivity contribution is 7.87. The Morgan fingerprint density at radius 1 is 1.29 bits per heavy atom. The number of rotatable bonds is 7. The van der Waals surface area contributed by atoms with Gasteiger partial charge in [0.15, 0.2) is 0 Å². The Balaban J connectivity index is 2.47. The fraction of sp³-hybridized carbons (Fsp3) is 0.526. The van der Waals surface area contributed by atoms with Gasteiger partial charge < -0.3 is 4.74 Å². The van der Waals surface area contributed by atoms with E-state index in [0.717, 1.165) is 16.9 Å². The first-order valence-electron chi connectivity index (χ1n) is 8.11. The number of carbonyl (C=O) groups is 1. The van der Waals surface area contributed by atoms with Crippen molar-refractivity contribution in [3.8, 4) is 0 Å². The van der Waals surface area contributed by atoms with Crippen LogP contribution < -0.4 is 0 Å². The van der Waals surface area contributed by atoms with Crippen LogP contribution in [0.2, 0.25) is 0 Å². The van der Waals surface area contributed by atoms with Gasteiger partial charge in [0.25, 0.3) is 0 Å². The summed E-state index contributed by atoms with van der Waals surface area (Å²) in [6.07, 6.45) is 4.67. The molecule has 0 spiro atoms. The molecule has 1 rings (SSSR count). The van der Waals surface area contributed by atoms with Gasteiger partial charge in [-0.25, -0.2) is 4.79 Å². The number of hydrogen-bond acceptors (Lipinski definition) is 3. The fourth-order valence-electron chi connectivity index (χ4n) is 2.02. The summed E-state index contributed by atoms with van der Waals surface area (Å²) in [5.41, 5.74) is 0.642. The molecule has 3 unspecified atom stereocenters. The lowest BCUT2D eigenvalue weighted by molar-refractivity contribution is -0.148. The van der Waals surface area contributed by atoms with E-state index in [-0.39, 0.29) is 11.9 Å². The molecule has 1 aromatic rings. The summed E-state index contributed by atoms with van der Waals surface area (Å²) in [6, 6.07) is 7.59. The lowest BCUT2D eigenvalue weighted by atomic mass is 10.1. The lowest BCUT2D eigenvalue weighted by Crippen LogP contribution is -2.22. The van der Waals surface area contributed by atoms with Gasteiger partial charge in [-0.15, -0.1) is 11.6 Å². The first kappa shape index (κ1) is 20.9. The molecule has 5 heteroatoms. The number of hydrogen-bond donors (Lipinski definition) is 0. The van der Waals surface area contributed by atoms with Crippen molar-refractivity contribution in [2.45, 2.75) is 62.7 Å². The summed E-state index contributed by atoms with van der Waals surface area (Å²) >= 11 is 6.37. The molecule has 0 aliphatic heterocycles. The van der Waals surface area contributed by atoms with Crippen LogP contribution in [0.3, 0.4) is 0 Å². The van der Waals surface area contributed by atoms with Crippen molar-refractivity contribution in [1.29, 1.82) is 0 Å². The molecule has 0 aliphatic carbocycles. The van der Waals surface area contributed by atoms with Crippen LogP contribution in [0.4, 0.5) is 0 Å². The molecule has 24 heavy (non-hydrogen) atoms. The summed E-state index contributed by atoms with van der Waals surface area (Å²) in [5, 5.41) is 0. The molecule has 0 radical (unpaired) electrons. The number of benzene rings is 1. The van der Waals surface area contributed by atoms with Crippen LogP contribution in [-0.4, -0.2) is 20.5 Å². The maximum Gasteiger partial charge on any atom is 0.330 e. The normalized spacial score (nSPS) is 15.9. The third-order valence-electron chi connectivity index (χ3n) is 3.35. The van der Waals surface area contributed by atoms with Crippen molar-refractivity contribution >= 4 is 28.4 Å². The lowest BCUT2D eigenvalue weighted by Gasteiger charge is -2.18. The van der Waals surface area contributed by atoms with E-state index in [2.05, 4.69) is 0 Å². The SMILES string of the molecule is Cc1ccc(S(=O)C(Cl)C(C)CC/C=C\C(=O)OC(C)(C)C)cc1. The van der Waals surface area contributed by atoms with E-state index < -0.39 is 21.1 Å². The summed E-state index contributed by atoms with van der Waals surface area (Å²) in [7, 11) is -1.24. The van der Waals surface area contributed by atoms with Crippen molar-refractivity contribution in [2.24, 2.45) is 5.92 Å². The minimum atomic E-state index is -1.24. The Morgan fingerprint density at radius 3 is 2.42 bits per heavy atom. The molecule has 0 saturated heterocycles. The molecule has 3 atom stereocenters. The van der Waals surface area contributed by atoms with Crippen molar-refractivity contribution in [3.05, 3.63) is 42.0 Å². The van der Waals surface area contributed by atoms with Gasteiger partial charge in [-0.1, -0.05) is 30.7 Å². The number of alkyl halides is 1. The smallest absolute Gasteiger partial charge is 0.330 e. The van der Waals surface area contributed by atoms with E-state index in [1.165, 1.54) is 6.08 Å². The number of aryl methyl sites for hydroxylation is 1. The molecule has 0 aliphatic rings. The highest BCUT2D eigenvalue weighted by Gasteiger charge is 2.22. The second-order valence-electron chi connectivity index (χ2n) is 6.95. The Labute approximate surface area is 152 Å². The Hall–Kier alpha value is -1.13. The zero-order valence-corrected chi connectivity index (χ0v) is 16.6. The first-order chi connectivity index (χ1) is 11.1. The fourth-order valence-corrected chi connectivity index (χ4v) is 3.68.